The van der Waals surface area contributed by atoms with Crippen LogP contribution in [0.5, 0.6) is 0 Å². The second kappa shape index (κ2) is 3.46. The lowest BCUT2D eigenvalue weighted by Gasteiger charge is -2.16. The minimum Gasteiger partial charge on any atom is -0.300 e. The molecule has 0 aliphatic heterocycles. The lowest BCUT2D eigenvalue weighted by Crippen LogP contribution is -2.21. The van der Waals surface area contributed by atoms with Crippen molar-refractivity contribution in [2.24, 2.45) is 5.92 Å². The second-order valence-corrected chi connectivity index (χ2v) is 2.71. The number of ketones is 1. The summed E-state index contributed by atoms with van der Waals surface area (Å²) in [5.74, 6) is -1.09. The van der Waals surface area contributed by atoms with Crippen LogP contribution in [0.15, 0.2) is 0 Å². The van der Waals surface area contributed by atoms with Gasteiger partial charge in [0.2, 0.25) is 0 Å². The van der Waals surface area contributed by atoms with E-state index in [1.165, 1.54) is 0 Å². The fraction of sp³-hybridized carbons (Fsp3) is 0.714. The molecule has 11 heavy (non-hydrogen) atoms. The van der Waals surface area contributed by atoms with Crippen LogP contribution < -0.4 is 0 Å². The summed E-state index contributed by atoms with van der Waals surface area (Å²) in [4.78, 5) is 24.3. The van der Waals surface area contributed by atoms with Crippen molar-refractivity contribution in [2.45, 2.75) is 25.7 Å². The van der Waals surface area contributed by atoms with Gasteiger partial charge in [-0.25, -0.2) is 4.79 Å². The highest BCUT2D eigenvalue weighted by molar-refractivity contribution is 5.82. The molecular weight excluding hydrogens is 151 g/mol. The van der Waals surface area contributed by atoms with E-state index in [2.05, 4.69) is 4.94 Å². The van der Waals surface area contributed by atoms with Crippen molar-refractivity contribution >= 4 is 11.8 Å². The molecule has 1 saturated carbocycles. The molecule has 0 atom stereocenters. The number of halogens is 1. The van der Waals surface area contributed by atoms with E-state index in [4.69, 9.17) is 0 Å². The second-order valence-electron chi connectivity index (χ2n) is 2.71. The summed E-state index contributed by atoms with van der Waals surface area (Å²) in [6.45, 7) is 0. The van der Waals surface area contributed by atoms with Crippen LogP contribution in [0.2, 0.25) is 0 Å². The topological polar surface area (TPSA) is 43.4 Å². The summed E-state index contributed by atoms with van der Waals surface area (Å²) in [7, 11) is 0. The molecule has 0 unspecified atom stereocenters. The van der Waals surface area contributed by atoms with E-state index in [0.717, 1.165) is 0 Å². The number of hydrogen-bond acceptors (Lipinski definition) is 3. The van der Waals surface area contributed by atoms with Gasteiger partial charge in [-0.05, 0) is 12.8 Å². The molecule has 1 aliphatic rings. The molecule has 0 spiro atoms. The van der Waals surface area contributed by atoms with Crippen LogP contribution in [0.1, 0.15) is 25.7 Å². The molecule has 0 heterocycles. The van der Waals surface area contributed by atoms with Gasteiger partial charge in [0.1, 0.15) is 5.78 Å². The van der Waals surface area contributed by atoms with Crippen molar-refractivity contribution in [1.82, 2.24) is 0 Å². The fourth-order valence-corrected chi connectivity index (χ4v) is 1.24. The molecule has 0 saturated heterocycles. The molecule has 0 bridgehead atoms. The monoisotopic (exact) mass is 160 g/mol. The third-order valence-electron chi connectivity index (χ3n) is 1.95. The normalized spacial score (nSPS) is 19.9. The largest absolute Gasteiger partial charge is 0.351 e. The van der Waals surface area contributed by atoms with Gasteiger partial charge in [0.25, 0.3) is 0 Å². The summed E-state index contributed by atoms with van der Waals surface area (Å²) < 4.78 is 11.3. The molecule has 4 heteroatoms. The maximum absolute atomic E-state index is 11.3. The third-order valence-corrected chi connectivity index (χ3v) is 1.95. The SMILES string of the molecule is O=C1CCC(C(=O)OF)CC1. The van der Waals surface area contributed by atoms with Crippen LogP contribution in [0, 0.1) is 5.92 Å². The van der Waals surface area contributed by atoms with Crippen molar-refractivity contribution in [3.05, 3.63) is 0 Å². The molecule has 0 N–H and O–H groups in total. The van der Waals surface area contributed by atoms with Crippen molar-refractivity contribution in [2.75, 3.05) is 0 Å². The van der Waals surface area contributed by atoms with Gasteiger partial charge >= 0.3 is 5.97 Å². The highest BCUT2D eigenvalue weighted by Gasteiger charge is 2.26. The highest BCUT2D eigenvalue weighted by atomic mass is 19.3. The first-order valence-corrected chi connectivity index (χ1v) is 3.58. The number of rotatable bonds is 1. The van der Waals surface area contributed by atoms with E-state index in [1.54, 1.807) is 0 Å². The first-order chi connectivity index (χ1) is 5.24. The molecule has 0 amide bonds. The first-order valence-electron chi connectivity index (χ1n) is 3.58. The van der Waals surface area contributed by atoms with E-state index < -0.39 is 11.9 Å². The van der Waals surface area contributed by atoms with Gasteiger partial charge in [-0.15, -0.1) is 0 Å². The van der Waals surface area contributed by atoms with E-state index in [-0.39, 0.29) is 5.78 Å². The van der Waals surface area contributed by atoms with E-state index in [1.807, 2.05) is 0 Å². The van der Waals surface area contributed by atoms with Crippen LogP contribution in [-0.4, -0.2) is 11.8 Å². The summed E-state index contributed by atoms with van der Waals surface area (Å²) in [6.07, 6.45) is 1.61. The highest BCUT2D eigenvalue weighted by Crippen LogP contribution is 2.22. The van der Waals surface area contributed by atoms with Crippen molar-refractivity contribution in [3.8, 4) is 0 Å². The maximum atomic E-state index is 11.3. The van der Waals surface area contributed by atoms with Crippen LogP contribution in [-0.2, 0) is 14.5 Å². The molecular formula is C7H9FO3. The first kappa shape index (κ1) is 8.17. The van der Waals surface area contributed by atoms with Gasteiger partial charge in [-0.1, -0.05) is 0 Å². The zero-order valence-electron chi connectivity index (χ0n) is 6.01. The van der Waals surface area contributed by atoms with E-state index in [0.29, 0.717) is 25.7 Å². The van der Waals surface area contributed by atoms with Crippen LogP contribution in [0.4, 0.5) is 4.53 Å². The molecule has 3 nitrogen and oxygen atoms in total. The summed E-state index contributed by atoms with van der Waals surface area (Å²) in [5, 5.41) is 0. The lowest BCUT2D eigenvalue weighted by molar-refractivity contribution is -0.190. The minimum atomic E-state index is -0.836. The lowest BCUT2D eigenvalue weighted by atomic mass is 9.89. The summed E-state index contributed by atoms with van der Waals surface area (Å²) in [5.41, 5.74) is 0. The molecule has 62 valence electrons. The van der Waals surface area contributed by atoms with Gasteiger partial charge in [-0.2, -0.15) is 0 Å². The van der Waals surface area contributed by atoms with Crippen LogP contribution in [0.25, 0.3) is 0 Å². The number of carbonyl (C=O) groups excluding carboxylic acids is 2. The van der Waals surface area contributed by atoms with Gasteiger partial charge in [0.05, 0.1) is 5.92 Å². The molecule has 1 rings (SSSR count). The van der Waals surface area contributed by atoms with Crippen LogP contribution in [0.3, 0.4) is 0 Å². The summed E-state index contributed by atoms with van der Waals surface area (Å²) in [6, 6.07) is 0. The van der Waals surface area contributed by atoms with Gasteiger partial charge in [0, 0.05) is 17.4 Å². The molecule has 0 aromatic heterocycles. The Kier molecular flexibility index (Phi) is 2.57. The zero-order chi connectivity index (χ0) is 8.27. The maximum Gasteiger partial charge on any atom is 0.351 e. The Morgan fingerprint density at radius 2 is 2.00 bits per heavy atom. The average molecular weight is 160 g/mol. The zero-order valence-corrected chi connectivity index (χ0v) is 6.01. The predicted octanol–water partition coefficient (Wildman–Crippen LogP) is 1.17. The summed E-state index contributed by atoms with van der Waals surface area (Å²) >= 11 is 0. The Labute approximate surface area is 63.4 Å². The minimum absolute atomic E-state index is 0.146. The Morgan fingerprint density at radius 1 is 1.45 bits per heavy atom. The molecule has 0 radical (unpaired) electrons. The molecule has 0 aromatic carbocycles. The van der Waals surface area contributed by atoms with Crippen LogP contribution >= 0.6 is 0 Å². The van der Waals surface area contributed by atoms with Gasteiger partial charge < -0.3 is 0 Å². The molecule has 1 fully saturated rings. The quantitative estimate of drug-likeness (QED) is 0.578. The average Bonchev–Trinajstić information content (AvgIpc) is 2.05. The molecule has 1 aliphatic carbocycles. The Hall–Kier alpha value is -0.930. The van der Waals surface area contributed by atoms with Gasteiger partial charge in [0.15, 0.2) is 0 Å². The molecule has 0 aromatic rings. The van der Waals surface area contributed by atoms with Crippen molar-refractivity contribution in [1.29, 1.82) is 0 Å². The Morgan fingerprint density at radius 3 is 2.45 bits per heavy atom. The number of Topliss-reactive ketones (excluding diaryl/α,β-unsaturated/α-hetero) is 1. The predicted molar refractivity (Wildman–Crippen MR) is 34.2 cm³/mol. The van der Waals surface area contributed by atoms with Crippen molar-refractivity contribution in [3.63, 3.8) is 0 Å². The number of hydrogen-bond donors (Lipinski definition) is 0. The van der Waals surface area contributed by atoms with E-state index >= 15 is 0 Å². The Balaban J connectivity index is 2.39. The smallest absolute Gasteiger partial charge is 0.300 e. The Bertz CT molecular complexity index is 169. The third kappa shape index (κ3) is 2.00. The van der Waals surface area contributed by atoms with Gasteiger partial charge in [-0.3, -0.25) is 9.74 Å². The van der Waals surface area contributed by atoms with Crippen molar-refractivity contribution < 1.29 is 19.1 Å². The van der Waals surface area contributed by atoms with E-state index in [9.17, 15) is 14.1 Å². The standard InChI is InChI=1S/C7H9FO3/c8-11-7(10)5-1-3-6(9)4-2-5/h5H,1-4H2. The number of carbonyl (C=O) groups is 2. The fourth-order valence-electron chi connectivity index (χ4n) is 1.24.